The Balaban J connectivity index is 1.44. The first-order chi connectivity index (χ1) is 26.5. The standard InChI is InChI=1S/C54H36/c1-29-13-9-14-30(2)47(29)52-44-27-41-39-23-11-21-37-35-19-7-5-17-33(35)25-43(49(37)39)42(41)28-45(44)53(48-31(3)15-10-16-32(48)4)54-46-26-34-18-6-8-20-36(34)38-22-12-24-40(50(38)46)51(52)54/h5-28H,1-4H3. The molecular formula is C54H36. The number of fused-ring (bicyclic) bond motifs is 11. The van der Waals surface area contributed by atoms with Crippen LogP contribution in [-0.4, -0.2) is 0 Å². The highest BCUT2D eigenvalue weighted by molar-refractivity contribution is 6.44. The van der Waals surface area contributed by atoms with E-state index < -0.39 is 0 Å². The zero-order chi connectivity index (χ0) is 36.0. The van der Waals surface area contributed by atoms with Crippen LogP contribution in [0.1, 0.15) is 22.3 Å². The largest absolute Gasteiger partial charge is 0.0617 e. The van der Waals surface area contributed by atoms with Crippen molar-refractivity contribution in [2.24, 2.45) is 0 Å². The van der Waals surface area contributed by atoms with Crippen LogP contribution < -0.4 is 0 Å². The van der Waals surface area contributed by atoms with Crippen molar-refractivity contribution >= 4 is 97.0 Å². The van der Waals surface area contributed by atoms with Crippen LogP contribution >= 0.6 is 0 Å². The molecule has 0 fully saturated rings. The molecule has 12 aromatic rings. The molecule has 12 aromatic carbocycles. The number of benzene rings is 10. The molecule has 0 spiro atoms. The van der Waals surface area contributed by atoms with E-state index in [1.807, 2.05) is 0 Å². The molecule has 12 rings (SSSR count). The third kappa shape index (κ3) is 3.73. The lowest BCUT2D eigenvalue weighted by Crippen LogP contribution is -1.95. The summed E-state index contributed by atoms with van der Waals surface area (Å²) in [6.45, 7) is 9.20. The Bertz CT molecular complexity index is 3540. The van der Waals surface area contributed by atoms with Crippen molar-refractivity contribution in [2.45, 2.75) is 27.7 Å². The van der Waals surface area contributed by atoms with E-state index in [2.05, 4.69) is 173 Å². The molecule has 0 atom stereocenters. The van der Waals surface area contributed by atoms with Crippen molar-refractivity contribution in [1.29, 1.82) is 0 Å². The van der Waals surface area contributed by atoms with Crippen LogP contribution in [-0.2, 0) is 0 Å². The molecular weight excluding hydrogens is 649 g/mol. The van der Waals surface area contributed by atoms with Crippen LogP contribution in [0.2, 0.25) is 0 Å². The SMILES string of the molecule is Cc1cccc(C)c1-c1c2cc3c(cc2c(-c2c(C)cccc2C)c2c4cc5ccccc5c5cccc(c12)c54)c1cc2ccccc2c2cccc3c21. The first kappa shape index (κ1) is 30.0. The van der Waals surface area contributed by atoms with Crippen LogP contribution in [0, 0.1) is 27.7 Å². The minimum atomic E-state index is 1.29. The summed E-state index contributed by atoms with van der Waals surface area (Å²) in [5.41, 5.74) is 10.6. The Hall–Kier alpha value is -6.50. The van der Waals surface area contributed by atoms with Gasteiger partial charge >= 0.3 is 0 Å². The van der Waals surface area contributed by atoms with Gasteiger partial charge in [0.25, 0.3) is 0 Å². The molecule has 0 heterocycles. The third-order valence-corrected chi connectivity index (χ3v) is 12.8. The summed E-state index contributed by atoms with van der Waals surface area (Å²) < 4.78 is 0. The molecule has 0 nitrogen and oxygen atoms in total. The van der Waals surface area contributed by atoms with Crippen molar-refractivity contribution in [3.63, 3.8) is 0 Å². The topological polar surface area (TPSA) is 0 Å². The maximum atomic E-state index is 2.58. The first-order valence-corrected chi connectivity index (χ1v) is 19.2. The monoisotopic (exact) mass is 684 g/mol. The van der Waals surface area contributed by atoms with Crippen LogP contribution in [0.25, 0.3) is 119 Å². The second kappa shape index (κ2) is 10.6. The second-order valence-electron chi connectivity index (χ2n) is 15.7. The van der Waals surface area contributed by atoms with Crippen molar-refractivity contribution in [2.75, 3.05) is 0 Å². The molecule has 0 unspecified atom stereocenters. The van der Waals surface area contributed by atoms with Gasteiger partial charge in [-0.25, -0.2) is 0 Å². The van der Waals surface area contributed by atoms with Gasteiger partial charge in [0.05, 0.1) is 0 Å². The van der Waals surface area contributed by atoms with E-state index in [-0.39, 0.29) is 0 Å². The van der Waals surface area contributed by atoms with Crippen LogP contribution in [0.3, 0.4) is 0 Å². The van der Waals surface area contributed by atoms with Crippen molar-refractivity contribution < 1.29 is 0 Å². The van der Waals surface area contributed by atoms with E-state index >= 15 is 0 Å². The lowest BCUT2D eigenvalue weighted by Gasteiger charge is -2.21. The average Bonchev–Trinajstić information content (AvgIpc) is 3.68. The minimum Gasteiger partial charge on any atom is -0.0617 e. The summed E-state index contributed by atoms with van der Waals surface area (Å²) in [6, 6.07) is 55.5. The fourth-order valence-corrected chi connectivity index (χ4v) is 10.6. The molecule has 252 valence electrons. The fourth-order valence-electron chi connectivity index (χ4n) is 10.6. The average molecular weight is 685 g/mol. The summed E-state index contributed by atoms with van der Waals surface area (Å²) in [5, 5.41) is 24.0. The van der Waals surface area contributed by atoms with Gasteiger partial charge in [0, 0.05) is 0 Å². The van der Waals surface area contributed by atoms with Crippen LogP contribution in [0.5, 0.6) is 0 Å². The van der Waals surface area contributed by atoms with Gasteiger partial charge in [0.1, 0.15) is 0 Å². The zero-order valence-corrected chi connectivity index (χ0v) is 30.9. The van der Waals surface area contributed by atoms with Gasteiger partial charge in [-0.05, 0) is 193 Å². The number of rotatable bonds is 2. The highest BCUT2D eigenvalue weighted by Crippen LogP contribution is 2.55. The molecule has 0 aliphatic carbocycles. The molecule has 0 N–H and O–H groups in total. The highest BCUT2D eigenvalue weighted by Gasteiger charge is 2.27. The second-order valence-corrected chi connectivity index (χ2v) is 15.7. The van der Waals surface area contributed by atoms with Crippen molar-refractivity contribution in [1.82, 2.24) is 0 Å². The van der Waals surface area contributed by atoms with E-state index in [9.17, 15) is 0 Å². The molecule has 0 aliphatic rings. The normalized spacial score (nSPS) is 12.4. The maximum Gasteiger partial charge on any atom is -0.000698 e. The molecule has 0 bridgehead atoms. The summed E-state index contributed by atoms with van der Waals surface area (Å²) >= 11 is 0. The van der Waals surface area contributed by atoms with Gasteiger partial charge < -0.3 is 0 Å². The highest BCUT2D eigenvalue weighted by atomic mass is 14.3. The van der Waals surface area contributed by atoms with Gasteiger partial charge in [0.2, 0.25) is 0 Å². The first-order valence-electron chi connectivity index (χ1n) is 19.2. The predicted molar refractivity (Wildman–Crippen MR) is 236 cm³/mol. The maximum absolute atomic E-state index is 2.58. The van der Waals surface area contributed by atoms with E-state index in [1.165, 1.54) is 141 Å². The van der Waals surface area contributed by atoms with Gasteiger partial charge in [-0.1, -0.05) is 121 Å². The summed E-state index contributed by atoms with van der Waals surface area (Å²) in [4.78, 5) is 0. The van der Waals surface area contributed by atoms with E-state index in [0.717, 1.165) is 0 Å². The summed E-state index contributed by atoms with van der Waals surface area (Å²) in [7, 11) is 0. The minimum absolute atomic E-state index is 1.29. The number of hydrogen-bond donors (Lipinski definition) is 0. The smallest absolute Gasteiger partial charge is 0.000698 e. The number of hydrogen-bond acceptors (Lipinski definition) is 0. The van der Waals surface area contributed by atoms with Crippen molar-refractivity contribution in [3.05, 3.63) is 168 Å². The Morgan fingerprint density at radius 1 is 0.222 bits per heavy atom. The molecule has 54 heavy (non-hydrogen) atoms. The molecule has 0 aromatic heterocycles. The quantitative estimate of drug-likeness (QED) is 0.159. The van der Waals surface area contributed by atoms with Gasteiger partial charge in [0.15, 0.2) is 0 Å². The number of aryl methyl sites for hydroxylation is 4. The molecule has 0 amide bonds. The molecule has 0 saturated carbocycles. The van der Waals surface area contributed by atoms with Crippen LogP contribution in [0.15, 0.2) is 146 Å². The Morgan fingerprint density at radius 3 is 1.13 bits per heavy atom. The van der Waals surface area contributed by atoms with E-state index in [1.54, 1.807) is 0 Å². The molecule has 0 aliphatic heterocycles. The fraction of sp³-hybridized carbons (Fsp3) is 0.0741. The summed E-state index contributed by atoms with van der Waals surface area (Å²) in [6.07, 6.45) is 0. The lowest BCUT2D eigenvalue weighted by atomic mass is 9.81. The van der Waals surface area contributed by atoms with E-state index in [4.69, 9.17) is 0 Å². The Labute approximate surface area is 313 Å². The Kier molecular flexibility index (Phi) is 5.87. The lowest BCUT2D eigenvalue weighted by molar-refractivity contribution is 1.39. The van der Waals surface area contributed by atoms with Crippen molar-refractivity contribution in [3.8, 4) is 22.3 Å². The Morgan fingerprint density at radius 2 is 0.593 bits per heavy atom. The zero-order valence-electron chi connectivity index (χ0n) is 30.9. The molecule has 0 heteroatoms. The summed E-state index contributed by atoms with van der Waals surface area (Å²) in [5.74, 6) is 0. The van der Waals surface area contributed by atoms with Gasteiger partial charge in [-0.3, -0.25) is 0 Å². The van der Waals surface area contributed by atoms with Crippen LogP contribution in [0.4, 0.5) is 0 Å². The predicted octanol–water partition coefficient (Wildman–Crippen LogP) is 15.5. The molecule has 0 saturated heterocycles. The van der Waals surface area contributed by atoms with Gasteiger partial charge in [-0.15, -0.1) is 0 Å². The third-order valence-electron chi connectivity index (χ3n) is 12.8. The molecule has 0 radical (unpaired) electrons. The van der Waals surface area contributed by atoms with Gasteiger partial charge in [-0.2, -0.15) is 0 Å². The van der Waals surface area contributed by atoms with E-state index in [0.29, 0.717) is 0 Å².